The van der Waals surface area contributed by atoms with Crippen LogP contribution < -0.4 is 30.0 Å². The molecule has 314 valence electrons. The summed E-state index contributed by atoms with van der Waals surface area (Å²) >= 11 is 0. The maximum absolute atomic E-state index is 2.58. The number of para-hydroxylation sites is 8. The first-order chi connectivity index (χ1) is 32.6. The fourth-order valence-corrected chi connectivity index (χ4v) is 11.2. The third kappa shape index (κ3) is 5.85. The topological polar surface area (TPSA) is 13.0 Å². The SMILES string of the molecule is CN1c2ccccc2N(c2ccc3c(-c4cccc(-c5cccc6ccccc56)c4)c4c(c(-c5ccccc5)c3c2)=CCC(N2c3ccccc3N(C)c3ccccc32)C=4)c2ccccc21. The van der Waals surface area contributed by atoms with Crippen LogP contribution in [0.5, 0.6) is 0 Å². The average Bonchev–Trinajstić information content (AvgIpc) is 3.38. The van der Waals surface area contributed by atoms with Gasteiger partial charge in [0.1, 0.15) is 0 Å². The zero-order valence-electron chi connectivity index (χ0n) is 36.9. The minimum Gasteiger partial charge on any atom is -0.341 e. The summed E-state index contributed by atoms with van der Waals surface area (Å²) in [7, 11) is 4.36. The normalized spacial score (nSPS) is 14.7. The minimum atomic E-state index is 0.0622. The second-order valence-corrected chi connectivity index (χ2v) is 17.7. The van der Waals surface area contributed by atoms with Crippen molar-refractivity contribution in [1.82, 2.24) is 0 Å². The smallest absolute Gasteiger partial charge is 0.0699 e. The van der Waals surface area contributed by atoms with Crippen LogP contribution in [-0.4, -0.2) is 20.1 Å². The molecule has 3 aliphatic rings. The highest BCUT2D eigenvalue weighted by Gasteiger charge is 2.32. The summed E-state index contributed by atoms with van der Waals surface area (Å²) in [6.07, 6.45) is 5.97. The Bertz CT molecular complexity index is 3600. The van der Waals surface area contributed by atoms with Gasteiger partial charge in [-0.3, -0.25) is 0 Å². The monoisotopic (exact) mass is 846 g/mol. The van der Waals surface area contributed by atoms with Crippen LogP contribution in [0.4, 0.5) is 51.2 Å². The highest BCUT2D eigenvalue weighted by Crippen LogP contribution is 2.52. The Morgan fingerprint density at radius 3 is 1.58 bits per heavy atom. The molecule has 4 heteroatoms. The Balaban J connectivity index is 1.11. The van der Waals surface area contributed by atoms with E-state index in [1.54, 1.807) is 0 Å². The minimum absolute atomic E-state index is 0.0622. The summed E-state index contributed by atoms with van der Waals surface area (Å²) < 4.78 is 0. The zero-order valence-corrected chi connectivity index (χ0v) is 36.9. The Morgan fingerprint density at radius 2 is 0.894 bits per heavy atom. The lowest BCUT2D eigenvalue weighted by atomic mass is 9.84. The van der Waals surface area contributed by atoms with Crippen molar-refractivity contribution in [2.75, 3.05) is 33.7 Å². The number of fused-ring (bicyclic) bond motifs is 7. The standard InChI is InChI=1S/C62H46N4/c1-63-53-26-8-12-30-57(53)65(58-31-13-9-27-54(58)63)45-35-37-50-51(39-45)61(42-19-4-3-5-20-42)49-36-34-46(66-59-32-14-10-28-55(59)64(2)56-29-11-15-33-60(56)66)40-52(49)62(50)44-23-16-22-43(38-44)48-25-17-21-41-18-6-7-24-47(41)48/h3-33,35-40,46H,34H2,1-2H3. The second kappa shape index (κ2) is 15.1. The first kappa shape index (κ1) is 38.1. The van der Waals surface area contributed by atoms with Gasteiger partial charge in [0.2, 0.25) is 0 Å². The van der Waals surface area contributed by atoms with E-state index < -0.39 is 0 Å². The van der Waals surface area contributed by atoms with Crippen LogP contribution in [0.2, 0.25) is 0 Å². The average molecular weight is 847 g/mol. The van der Waals surface area contributed by atoms with E-state index >= 15 is 0 Å². The molecule has 0 bridgehead atoms. The molecule has 4 nitrogen and oxygen atoms in total. The molecule has 0 spiro atoms. The third-order valence-electron chi connectivity index (χ3n) is 14.2. The fourth-order valence-electron chi connectivity index (χ4n) is 11.2. The molecule has 0 amide bonds. The van der Waals surface area contributed by atoms with Crippen molar-refractivity contribution in [1.29, 1.82) is 0 Å². The number of benzene rings is 10. The van der Waals surface area contributed by atoms with Crippen LogP contribution >= 0.6 is 0 Å². The molecule has 1 unspecified atom stereocenters. The molecule has 66 heavy (non-hydrogen) atoms. The molecule has 0 fully saturated rings. The van der Waals surface area contributed by atoms with Gasteiger partial charge in [-0.15, -0.1) is 0 Å². The van der Waals surface area contributed by atoms with Gasteiger partial charge < -0.3 is 19.6 Å². The molecule has 10 aromatic rings. The summed E-state index contributed by atoms with van der Waals surface area (Å²) in [5.74, 6) is 0. The van der Waals surface area contributed by atoms with E-state index in [9.17, 15) is 0 Å². The summed E-state index contributed by atoms with van der Waals surface area (Å²) in [6.45, 7) is 0. The Kier molecular flexibility index (Phi) is 8.75. The lowest BCUT2D eigenvalue weighted by molar-refractivity contribution is 0.828. The Labute approximate surface area is 385 Å². The first-order valence-electron chi connectivity index (χ1n) is 23.0. The molecular weight excluding hydrogens is 801 g/mol. The molecular formula is C62H46N4. The van der Waals surface area contributed by atoms with E-state index in [2.05, 4.69) is 258 Å². The van der Waals surface area contributed by atoms with E-state index in [1.165, 1.54) is 99.5 Å². The largest absolute Gasteiger partial charge is 0.341 e. The van der Waals surface area contributed by atoms with Gasteiger partial charge in [-0.25, -0.2) is 0 Å². The number of rotatable bonds is 5. The molecule has 2 heterocycles. The van der Waals surface area contributed by atoms with Crippen LogP contribution in [0.3, 0.4) is 0 Å². The predicted octanol–water partition coefficient (Wildman–Crippen LogP) is 14.8. The van der Waals surface area contributed by atoms with Gasteiger partial charge in [-0.2, -0.15) is 0 Å². The lowest BCUT2D eigenvalue weighted by Crippen LogP contribution is -2.41. The van der Waals surface area contributed by atoms with Crippen molar-refractivity contribution in [3.05, 3.63) is 223 Å². The van der Waals surface area contributed by atoms with E-state index in [0.717, 1.165) is 23.5 Å². The van der Waals surface area contributed by atoms with Gasteiger partial charge in [0.25, 0.3) is 0 Å². The van der Waals surface area contributed by atoms with Crippen molar-refractivity contribution in [2.24, 2.45) is 0 Å². The summed E-state index contributed by atoms with van der Waals surface area (Å²) in [5, 5.41) is 7.51. The van der Waals surface area contributed by atoms with Crippen LogP contribution in [0.15, 0.2) is 212 Å². The van der Waals surface area contributed by atoms with Crippen molar-refractivity contribution >= 4 is 84.9 Å². The van der Waals surface area contributed by atoms with E-state index in [0.29, 0.717) is 0 Å². The van der Waals surface area contributed by atoms with Crippen LogP contribution in [0.25, 0.3) is 67.1 Å². The third-order valence-corrected chi connectivity index (χ3v) is 14.2. The molecule has 0 aromatic heterocycles. The molecule has 13 rings (SSSR count). The van der Waals surface area contributed by atoms with Gasteiger partial charge in [-0.1, -0.05) is 158 Å². The van der Waals surface area contributed by atoms with Crippen LogP contribution in [0.1, 0.15) is 6.42 Å². The number of hydrogen-bond donors (Lipinski definition) is 0. The zero-order chi connectivity index (χ0) is 43.9. The second-order valence-electron chi connectivity index (χ2n) is 17.7. The number of nitrogens with zero attached hydrogens (tertiary/aromatic N) is 4. The van der Waals surface area contributed by atoms with E-state index in [4.69, 9.17) is 0 Å². The maximum atomic E-state index is 2.58. The van der Waals surface area contributed by atoms with E-state index in [1.807, 2.05) is 0 Å². The molecule has 1 aliphatic carbocycles. The van der Waals surface area contributed by atoms with E-state index in [-0.39, 0.29) is 6.04 Å². The summed E-state index contributed by atoms with van der Waals surface area (Å²) in [4.78, 5) is 9.68. The molecule has 10 aromatic carbocycles. The maximum Gasteiger partial charge on any atom is 0.0699 e. The predicted molar refractivity (Wildman–Crippen MR) is 280 cm³/mol. The van der Waals surface area contributed by atoms with Crippen LogP contribution in [-0.2, 0) is 0 Å². The highest BCUT2D eigenvalue weighted by atomic mass is 15.3. The van der Waals surface area contributed by atoms with Crippen LogP contribution in [0, 0.1) is 0 Å². The molecule has 2 aliphatic heterocycles. The first-order valence-corrected chi connectivity index (χ1v) is 23.0. The fraction of sp³-hybridized carbons (Fsp3) is 0.0645. The van der Waals surface area contributed by atoms with Gasteiger partial charge in [0, 0.05) is 19.8 Å². The van der Waals surface area contributed by atoms with Gasteiger partial charge >= 0.3 is 0 Å². The molecule has 1 atom stereocenters. The Morgan fingerprint density at radius 1 is 0.379 bits per heavy atom. The highest BCUT2D eigenvalue weighted by molar-refractivity contribution is 6.10. The van der Waals surface area contributed by atoms with Crippen molar-refractivity contribution < 1.29 is 0 Å². The van der Waals surface area contributed by atoms with Gasteiger partial charge in [0.15, 0.2) is 0 Å². The molecule has 0 radical (unpaired) electrons. The lowest BCUT2D eigenvalue weighted by Gasteiger charge is -2.42. The van der Waals surface area contributed by atoms with Crippen molar-refractivity contribution in [2.45, 2.75) is 12.5 Å². The molecule has 0 saturated carbocycles. The quantitative estimate of drug-likeness (QED) is 0.171. The van der Waals surface area contributed by atoms with Gasteiger partial charge in [-0.05, 0) is 139 Å². The molecule has 0 N–H and O–H groups in total. The number of anilines is 9. The van der Waals surface area contributed by atoms with Gasteiger partial charge in [0.05, 0.1) is 51.5 Å². The Hall–Kier alpha value is -8.34. The van der Waals surface area contributed by atoms with Crippen molar-refractivity contribution in [3.8, 4) is 33.4 Å². The van der Waals surface area contributed by atoms with Crippen molar-refractivity contribution in [3.63, 3.8) is 0 Å². The molecule has 0 saturated heterocycles. The number of hydrogen-bond acceptors (Lipinski definition) is 4. The summed E-state index contributed by atoms with van der Waals surface area (Å²) in [6, 6.07) is 78.3. The summed E-state index contributed by atoms with van der Waals surface area (Å²) in [5.41, 5.74) is 18.1.